The summed E-state index contributed by atoms with van der Waals surface area (Å²) in [6, 6.07) is 8.04. The third-order valence-corrected chi connectivity index (χ3v) is 7.12. The molecule has 0 spiro atoms. The molecule has 5 nitrogen and oxygen atoms in total. The van der Waals surface area contributed by atoms with Gasteiger partial charge in [0.2, 0.25) is 0 Å². The van der Waals surface area contributed by atoms with Crippen molar-refractivity contribution >= 4 is 6.47 Å². The van der Waals surface area contributed by atoms with E-state index in [-0.39, 0.29) is 6.47 Å². The first-order valence-corrected chi connectivity index (χ1v) is 14.3. The molecular formula is C32H55NO4. The highest BCUT2D eigenvalue weighted by Gasteiger charge is 2.27. The van der Waals surface area contributed by atoms with Gasteiger partial charge in [-0.05, 0) is 68.4 Å². The lowest BCUT2D eigenvalue weighted by molar-refractivity contribution is -0.122. The number of nitrogens with zero attached hydrogens (tertiary/aromatic N) is 1. The molecule has 0 aliphatic heterocycles. The highest BCUT2D eigenvalue weighted by atomic mass is 16.5. The molecule has 0 radical (unpaired) electrons. The molecule has 212 valence electrons. The topological polar surface area (TPSA) is 72.6 Å². The van der Waals surface area contributed by atoms with Crippen LogP contribution in [-0.4, -0.2) is 23.3 Å². The molecule has 37 heavy (non-hydrogen) atoms. The molecule has 1 aromatic carbocycles. The van der Waals surface area contributed by atoms with Crippen LogP contribution in [0.3, 0.4) is 0 Å². The van der Waals surface area contributed by atoms with E-state index in [1.807, 2.05) is 25.1 Å². The molecule has 2 aromatic rings. The second-order valence-corrected chi connectivity index (χ2v) is 11.2. The van der Waals surface area contributed by atoms with Gasteiger partial charge in [-0.25, -0.2) is 0 Å². The van der Waals surface area contributed by atoms with Crippen LogP contribution < -0.4 is 4.74 Å². The van der Waals surface area contributed by atoms with Crippen molar-refractivity contribution in [1.29, 1.82) is 0 Å². The molecule has 2 rings (SSSR count). The van der Waals surface area contributed by atoms with Crippen LogP contribution in [-0.2, 0) is 11.2 Å². The standard InChI is InChI=1S/C17H36.C14H17NO2.CH2O2/c1-8-11-15(10-3)13-16(17(5,6)7)12-14(4)9-2;1-4-11-9-14(17-15-11)12-8-10(3)6-7-13(12)16-5-2;2-1-3/h14-16H,8-13H2,1-7H3;6-9H,4-5H2,1-3H3;1H,(H,2,3). The Morgan fingerprint density at radius 3 is 2.16 bits per heavy atom. The van der Waals surface area contributed by atoms with Crippen molar-refractivity contribution in [3.05, 3.63) is 35.5 Å². The lowest BCUT2D eigenvalue weighted by Gasteiger charge is -2.35. The average Bonchev–Trinajstić information content (AvgIpc) is 3.34. The fraction of sp³-hybridized carbons (Fsp3) is 0.688. The summed E-state index contributed by atoms with van der Waals surface area (Å²) >= 11 is 0. The van der Waals surface area contributed by atoms with Crippen molar-refractivity contribution in [2.75, 3.05) is 6.61 Å². The van der Waals surface area contributed by atoms with Crippen molar-refractivity contribution in [2.45, 2.75) is 114 Å². The fourth-order valence-corrected chi connectivity index (χ4v) is 4.48. The summed E-state index contributed by atoms with van der Waals surface area (Å²) in [4.78, 5) is 8.36. The zero-order valence-electron chi connectivity index (χ0n) is 25.4. The number of hydrogen-bond acceptors (Lipinski definition) is 4. The summed E-state index contributed by atoms with van der Waals surface area (Å²) < 4.78 is 11.0. The van der Waals surface area contributed by atoms with Crippen molar-refractivity contribution in [1.82, 2.24) is 5.16 Å². The van der Waals surface area contributed by atoms with Crippen LogP contribution in [0.1, 0.15) is 112 Å². The van der Waals surface area contributed by atoms with Gasteiger partial charge >= 0.3 is 0 Å². The Morgan fingerprint density at radius 2 is 1.70 bits per heavy atom. The molecule has 3 unspecified atom stereocenters. The van der Waals surface area contributed by atoms with Gasteiger partial charge < -0.3 is 14.4 Å². The number of benzene rings is 1. The monoisotopic (exact) mass is 517 g/mol. The number of rotatable bonds is 12. The van der Waals surface area contributed by atoms with E-state index in [0.717, 1.165) is 46.9 Å². The van der Waals surface area contributed by atoms with Crippen LogP contribution in [0.15, 0.2) is 28.8 Å². The maximum Gasteiger partial charge on any atom is 0.290 e. The smallest absolute Gasteiger partial charge is 0.290 e. The summed E-state index contributed by atoms with van der Waals surface area (Å²) in [7, 11) is 0. The summed E-state index contributed by atoms with van der Waals surface area (Å²) in [6.07, 6.45) is 9.19. The summed E-state index contributed by atoms with van der Waals surface area (Å²) in [5, 5.41) is 10.9. The second-order valence-electron chi connectivity index (χ2n) is 11.2. The van der Waals surface area contributed by atoms with Gasteiger partial charge in [-0.2, -0.15) is 0 Å². The van der Waals surface area contributed by atoms with Crippen molar-refractivity contribution < 1.29 is 19.2 Å². The summed E-state index contributed by atoms with van der Waals surface area (Å²) in [5.41, 5.74) is 3.59. The molecule has 0 bridgehead atoms. The first-order chi connectivity index (χ1) is 17.5. The number of hydrogen-bond donors (Lipinski definition) is 1. The molecule has 0 fully saturated rings. The molecule has 0 saturated carbocycles. The van der Waals surface area contributed by atoms with Gasteiger partial charge in [0.25, 0.3) is 6.47 Å². The first kappa shape index (κ1) is 34.7. The molecule has 1 aromatic heterocycles. The van der Waals surface area contributed by atoms with E-state index < -0.39 is 0 Å². The zero-order valence-corrected chi connectivity index (χ0v) is 25.4. The Labute approximate surface area is 227 Å². The third kappa shape index (κ3) is 13.7. The van der Waals surface area contributed by atoms with Gasteiger partial charge in [-0.3, -0.25) is 4.79 Å². The Bertz CT molecular complexity index is 853. The average molecular weight is 518 g/mol. The Kier molecular flexibility index (Phi) is 17.7. The summed E-state index contributed by atoms with van der Waals surface area (Å²) in [5.74, 6) is 4.35. The van der Waals surface area contributed by atoms with Gasteiger partial charge in [-0.15, -0.1) is 0 Å². The van der Waals surface area contributed by atoms with Crippen molar-refractivity contribution in [2.24, 2.45) is 23.2 Å². The Hall–Kier alpha value is -2.30. The van der Waals surface area contributed by atoms with Crippen LogP contribution >= 0.6 is 0 Å². The van der Waals surface area contributed by atoms with E-state index in [2.05, 4.69) is 73.5 Å². The van der Waals surface area contributed by atoms with E-state index in [4.69, 9.17) is 19.2 Å². The minimum Gasteiger partial charge on any atom is -0.493 e. The normalized spacial score (nSPS) is 13.4. The first-order valence-electron chi connectivity index (χ1n) is 14.3. The predicted molar refractivity (Wildman–Crippen MR) is 156 cm³/mol. The van der Waals surface area contributed by atoms with E-state index in [1.54, 1.807) is 0 Å². The van der Waals surface area contributed by atoms with E-state index in [1.165, 1.54) is 44.1 Å². The highest BCUT2D eigenvalue weighted by molar-refractivity contribution is 5.66. The third-order valence-electron chi connectivity index (χ3n) is 7.12. The molecule has 0 aliphatic rings. The molecule has 0 aliphatic carbocycles. The molecular weight excluding hydrogens is 462 g/mol. The number of aryl methyl sites for hydroxylation is 2. The predicted octanol–water partition coefficient (Wildman–Crippen LogP) is 9.61. The van der Waals surface area contributed by atoms with Gasteiger partial charge in [-0.1, -0.05) is 97.9 Å². The quantitative estimate of drug-likeness (QED) is 0.284. The molecule has 1 N–H and O–H groups in total. The minimum absolute atomic E-state index is 0.250. The Morgan fingerprint density at radius 1 is 1.05 bits per heavy atom. The lowest BCUT2D eigenvalue weighted by atomic mass is 9.70. The number of carboxylic acid groups (broad SMARTS) is 1. The van der Waals surface area contributed by atoms with Gasteiger partial charge in [0.1, 0.15) is 5.75 Å². The molecule has 5 heteroatoms. The maximum absolute atomic E-state index is 8.36. The molecule has 0 saturated heterocycles. The fourth-order valence-electron chi connectivity index (χ4n) is 4.48. The SMILES string of the molecule is CCCC(CC)CC(CC(C)CC)C(C)(C)C.CCOc1ccc(C)cc1-c1cc(CC)no1.O=CO. The van der Waals surface area contributed by atoms with Gasteiger partial charge in [0.15, 0.2) is 5.76 Å². The van der Waals surface area contributed by atoms with Crippen molar-refractivity contribution in [3.8, 4) is 17.1 Å². The number of carbonyl (C=O) groups is 1. The van der Waals surface area contributed by atoms with E-state index in [9.17, 15) is 0 Å². The highest BCUT2D eigenvalue weighted by Crippen LogP contribution is 2.38. The number of aromatic nitrogens is 1. The molecule has 0 amide bonds. The second kappa shape index (κ2) is 18.9. The van der Waals surface area contributed by atoms with Crippen LogP contribution in [0.25, 0.3) is 11.3 Å². The molecule has 3 atom stereocenters. The number of ether oxygens (including phenoxy) is 1. The maximum atomic E-state index is 8.36. The van der Waals surface area contributed by atoms with Crippen LogP contribution in [0.4, 0.5) is 0 Å². The van der Waals surface area contributed by atoms with Gasteiger partial charge in [0.05, 0.1) is 17.9 Å². The van der Waals surface area contributed by atoms with Crippen LogP contribution in [0.5, 0.6) is 5.75 Å². The van der Waals surface area contributed by atoms with Crippen molar-refractivity contribution in [3.63, 3.8) is 0 Å². The lowest BCUT2D eigenvalue weighted by Crippen LogP contribution is -2.25. The van der Waals surface area contributed by atoms with E-state index in [0.29, 0.717) is 12.0 Å². The minimum atomic E-state index is -0.250. The van der Waals surface area contributed by atoms with Crippen LogP contribution in [0.2, 0.25) is 0 Å². The van der Waals surface area contributed by atoms with Crippen LogP contribution in [0, 0.1) is 30.1 Å². The zero-order chi connectivity index (χ0) is 28.4. The summed E-state index contributed by atoms with van der Waals surface area (Å²) in [6.45, 7) is 23.2. The Balaban J connectivity index is 0.000000633. The molecule has 1 heterocycles. The van der Waals surface area contributed by atoms with Gasteiger partial charge in [0, 0.05) is 6.07 Å². The van der Waals surface area contributed by atoms with E-state index >= 15 is 0 Å². The largest absolute Gasteiger partial charge is 0.493 e.